The van der Waals surface area contributed by atoms with E-state index in [0.717, 1.165) is 28.9 Å². The van der Waals surface area contributed by atoms with Gasteiger partial charge in [-0.1, -0.05) is 32.0 Å². The summed E-state index contributed by atoms with van der Waals surface area (Å²) in [7, 11) is 1.40. The van der Waals surface area contributed by atoms with Crippen LogP contribution in [-0.4, -0.2) is 40.2 Å². The monoisotopic (exact) mass is 398 g/mol. The molecule has 1 rings (SSSR count). The quantitative estimate of drug-likeness (QED) is 0.521. The Balaban J connectivity index is 2.48. The highest BCUT2D eigenvalue weighted by molar-refractivity contribution is 7.99. The number of aliphatic hydroxyl groups excluding tert-OH is 2. The molecule has 0 unspecified atom stereocenters. The van der Waals surface area contributed by atoms with Crippen molar-refractivity contribution in [1.82, 2.24) is 0 Å². The van der Waals surface area contributed by atoms with Gasteiger partial charge in [-0.3, -0.25) is 4.79 Å². The SMILES string of the molecule is COC(=O)CCC(C)(C)OCCC(C)(C)SCc1cc(CO)cc(CO)c1. The van der Waals surface area contributed by atoms with Gasteiger partial charge in [-0.2, -0.15) is 11.8 Å². The predicted octanol–water partition coefficient (Wildman–Crippen LogP) is 3.82. The first-order valence-electron chi connectivity index (χ1n) is 9.29. The highest BCUT2D eigenvalue weighted by Gasteiger charge is 2.23. The van der Waals surface area contributed by atoms with Crippen LogP contribution in [0.4, 0.5) is 0 Å². The maximum atomic E-state index is 11.3. The van der Waals surface area contributed by atoms with E-state index < -0.39 is 0 Å². The lowest BCUT2D eigenvalue weighted by atomic mass is 10.0. The van der Waals surface area contributed by atoms with E-state index in [4.69, 9.17) is 4.74 Å². The van der Waals surface area contributed by atoms with Crippen LogP contribution in [0.15, 0.2) is 18.2 Å². The maximum Gasteiger partial charge on any atom is 0.305 e. The van der Waals surface area contributed by atoms with Gasteiger partial charge in [0.1, 0.15) is 0 Å². The summed E-state index contributed by atoms with van der Waals surface area (Å²) >= 11 is 1.83. The average molecular weight is 399 g/mol. The van der Waals surface area contributed by atoms with Gasteiger partial charge in [0.25, 0.3) is 0 Å². The maximum absolute atomic E-state index is 11.3. The topological polar surface area (TPSA) is 76.0 Å². The zero-order valence-corrected chi connectivity index (χ0v) is 18.0. The molecule has 6 heteroatoms. The van der Waals surface area contributed by atoms with Crippen LogP contribution in [0.5, 0.6) is 0 Å². The normalized spacial score (nSPS) is 12.3. The molecule has 0 heterocycles. The van der Waals surface area contributed by atoms with E-state index in [-0.39, 0.29) is 29.5 Å². The minimum absolute atomic E-state index is 0.0209. The number of thioether (sulfide) groups is 1. The van der Waals surface area contributed by atoms with Crippen LogP contribution in [-0.2, 0) is 33.2 Å². The van der Waals surface area contributed by atoms with Gasteiger partial charge in [0.2, 0.25) is 0 Å². The third-order valence-electron chi connectivity index (χ3n) is 4.46. The molecular weight excluding hydrogens is 364 g/mol. The van der Waals surface area contributed by atoms with E-state index in [2.05, 4.69) is 18.6 Å². The van der Waals surface area contributed by atoms with E-state index in [1.54, 1.807) is 0 Å². The van der Waals surface area contributed by atoms with Crippen LogP contribution >= 0.6 is 11.8 Å². The van der Waals surface area contributed by atoms with Crippen LogP contribution in [0.1, 0.15) is 63.6 Å². The molecule has 0 bridgehead atoms. The predicted molar refractivity (Wildman–Crippen MR) is 110 cm³/mol. The van der Waals surface area contributed by atoms with Crippen molar-refractivity contribution in [3.8, 4) is 0 Å². The van der Waals surface area contributed by atoms with Crippen LogP contribution in [0.25, 0.3) is 0 Å². The fourth-order valence-corrected chi connectivity index (χ4v) is 3.56. The minimum Gasteiger partial charge on any atom is -0.469 e. The number of methoxy groups -OCH3 is 1. The molecule has 0 aromatic heterocycles. The average Bonchev–Trinajstić information content (AvgIpc) is 2.63. The lowest BCUT2D eigenvalue weighted by molar-refractivity contribution is -0.142. The Hall–Kier alpha value is -1.08. The summed E-state index contributed by atoms with van der Waals surface area (Å²) < 4.78 is 10.7. The molecule has 0 spiro atoms. The zero-order chi connectivity index (χ0) is 20.5. The molecule has 0 fully saturated rings. The van der Waals surface area contributed by atoms with Crippen molar-refractivity contribution in [3.63, 3.8) is 0 Å². The van der Waals surface area contributed by atoms with E-state index in [9.17, 15) is 15.0 Å². The number of rotatable bonds is 12. The molecular formula is C21H34O5S. The molecule has 1 aromatic carbocycles. The molecule has 0 radical (unpaired) electrons. The Morgan fingerprint density at radius 3 is 2.07 bits per heavy atom. The summed E-state index contributed by atoms with van der Waals surface area (Å²) in [4.78, 5) is 11.3. The van der Waals surface area contributed by atoms with Gasteiger partial charge in [0.15, 0.2) is 0 Å². The highest BCUT2D eigenvalue weighted by atomic mass is 32.2. The van der Waals surface area contributed by atoms with Gasteiger partial charge in [0.05, 0.1) is 25.9 Å². The van der Waals surface area contributed by atoms with Crippen molar-refractivity contribution in [3.05, 3.63) is 34.9 Å². The lowest BCUT2D eigenvalue weighted by Gasteiger charge is -2.29. The van der Waals surface area contributed by atoms with E-state index in [0.29, 0.717) is 19.4 Å². The third-order valence-corrected chi connectivity index (χ3v) is 5.93. The van der Waals surface area contributed by atoms with Crippen molar-refractivity contribution < 1.29 is 24.5 Å². The van der Waals surface area contributed by atoms with Crippen LogP contribution in [0.3, 0.4) is 0 Å². The van der Waals surface area contributed by atoms with Gasteiger partial charge in [-0.25, -0.2) is 0 Å². The Bertz CT molecular complexity index is 576. The highest BCUT2D eigenvalue weighted by Crippen LogP contribution is 2.32. The van der Waals surface area contributed by atoms with Crippen molar-refractivity contribution in [2.75, 3.05) is 13.7 Å². The largest absolute Gasteiger partial charge is 0.469 e. The standard InChI is InChI=1S/C21H34O5S/c1-20(2,7-6-19(24)25-5)26-9-8-21(3,4)27-15-18-11-16(13-22)10-17(12-18)14-23/h10-12,22-23H,6-9,13-15H2,1-5H3. The fourth-order valence-electron chi connectivity index (χ4n) is 2.61. The van der Waals surface area contributed by atoms with E-state index in [1.807, 2.05) is 43.8 Å². The molecule has 1 aromatic rings. The summed E-state index contributed by atoms with van der Waals surface area (Å²) in [6, 6.07) is 5.78. The second-order valence-electron chi connectivity index (χ2n) is 7.96. The molecule has 0 aliphatic heterocycles. The summed E-state index contributed by atoms with van der Waals surface area (Å²) in [6.45, 7) is 8.93. The van der Waals surface area contributed by atoms with Gasteiger partial charge in [-0.05, 0) is 43.4 Å². The first-order valence-corrected chi connectivity index (χ1v) is 10.3. The van der Waals surface area contributed by atoms with Crippen LogP contribution in [0, 0.1) is 0 Å². The smallest absolute Gasteiger partial charge is 0.305 e. The summed E-state index contributed by atoms with van der Waals surface area (Å²) in [5.41, 5.74) is 2.39. The number of carbonyl (C=O) groups excluding carboxylic acids is 1. The Kier molecular flexibility index (Phi) is 9.81. The molecule has 0 aliphatic carbocycles. The summed E-state index contributed by atoms with van der Waals surface area (Å²) in [6.07, 6.45) is 1.87. The van der Waals surface area contributed by atoms with Crippen molar-refractivity contribution in [2.45, 2.75) is 76.3 Å². The number of aliphatic hydroxyl groups is 2. The van der Waals surface area contributed by atoms with Crippen LogP contribution < -0.4 is 0 Å². The number of hydrogen-bond acceptors (Lipinski definition) is 6. The Morgan fingerprint density at radius 1 is 1.00 bits per heavy atom. The van der Waals surface area contributed by atoms with Crippen molar-refractivity contribution in [2.24, 2.45) is 0 Å². The second-order valence-corrected chi connectivity index (χ2v) is 9.64. The molecule has 0 aliphatic rings. The third kappa shape index (κ3) is 9.60. The summed E-state index contributed by atoms with van der Waals surface area (Å²) in [5, 5.41) is 18.7. The number of benzene rings is 1. The first kappa shape index (κ1) is 24.0. The van der Waals surface area contributed by atoms with Crippen LogP contribution in [0.2, 0.25) is 0 Å². The van der Waals surface area contributed by atoms with E-state index in [1.165, 1.54) is 7.11 Å². The van der Waals surface area contributed by atoms with Gasteiger partial charge >= 0.3 is 5.97 Å². The second kappa shape index (κ2) is 11.1. The lowest BCUT2D eigenvalue weighted by Crippen LogP contribution is -2.28. The minimum atomic E-state index is -0.361. The Morgan fingerprint density at radius 2 is 1.56 bits per heavy atom. The van der Waals surface area contributed by atoms with Crippen molar-refractivity contribution in [1.29, 1.82) is 0 Å². The van der Waals surface area contributed by atoms with Gasteiger partial charge in [-0.15, -0.1) is 0 Å². The molecule has 27 heavy (non-hydrogen) atoms. The molecule has 5 nitrogen and oxygen atoms in total. The number of ether oxygens (including phenoxy) is 2. The fraction of sp³-hybridized carbons (Fsp3) is 0.667. The van der Waals surface area contributed by atoms with Gasteiger partial charge < -0.3 is 19.7 Å². The first-order chi connectivity index (χ1) is 12.6. The van der Waals surface area contributed by atoms with Gasteiger partial charge in [0, 0.05) is 23.5 Å². The zero-order valence-electron chi connectivity index (χ0n) is 17.2. The number of carbonyl (C=O) groups is 1. The number of esters is 1. The Labute approximate surface area is 167 Å². The summed E-state index contributed by atoms with van der Waals surface area (Å²) in [5.74, 6) is 0.592. The van der Waals surface area contributed by atoms with Crippen molar-refractivity contribution >= 4 is 17.7 Å². The van der Waals surface area contributed by atoms with E-state index >= 15 is 0 Å². The molecule has 2 N–H and O–H groups in total. The molecule has 154 valence electrons. The molecule has 0 amide bonds. The molecule has 0 atom stereocenters. The number of hydrogen-bond donors (Lipinski definition) is 2. The molecule has 0 saturated heterocycles. The molecule has 0 saturated carbocycles.